The van der Waals surface area contributed by atoms with Crippen LogP contribution in [0.5, 0.6) is 0 Å². The van der Waals surface area contributed by atoms with Gasteiger partial charge in [-0.1, -0.05) is 13.2 Å². The first-order valence-corrected chi connectivity index (χ1v) is 7.72. The van der Waals surface area contributed by atoms with Crippen LogP contribution in [0.15, 0.2) is 24.7 Å². The van der Waals surface area contributed by atoms with Gasteiger partial charge in [0, 0.05) is 25.9 Å². The van der Waals surface area contributed by atoms with Gasteiger partial charge in [0.1, 0.15) is 0 Å². The maximum Gasteiger partial charge on any atom is 0.0977 e. The highest BCUT2D eigenvalue weighted by atomic mass is 16.5. The lowest BCUT2D eigenvalue weighted by atomic mass is 10.3. The molecule has 0 bridgehead atoms. The standard InChI is InChI=1S/C16H28N2O/c1-15(7-13-17-9-3-4-10-17)19-16(2)8-14-18-11-5-6-12-18/h1-14H2. The number of hydrogen-bond acceptors (Lipinski definition) is 3. The van der Waals surface area contributed by atoms with Crippen LogP contribution < -0.4 is 0 Å². The van der Waals surface area contributed by atoms with Crippen LogP contribution in [0, 0.1) is 0 Å². The van der Waals surface area contributed by atoms with Gasteiger partial charge in [-0.05, 0) is 51.9 Å². The fraction of sp³-hybridized carbons (Fsp3) is 0.750. The molecule has 2 fully saturated rings. The van der Waals surface area contributed by atoms with Crippen molar-refractivity contribution in [3.05, 3.63) is 24.7 Å². The van der Waals surface area contributed by atoms with Gasteiger partial charge in [0.15, 0.2) is 0 Å². The highest BCUT2D eigenvalue weighted by molar-refractivity contribution is 4.94. The van der Waals surface area contributed by atoms with E-state index in [4.69, 9.17) is 4.74 Å². The second-order valence-electron chi connectivity index (χ2n) is 5.78. The van der Waals surface area contributed by atoms with Crippen molar-refractivity contribution in [1.29, 1.82) is 0 Å². The first-order valence-electron chi connectivity index (χ1n) is 7.72. The predicted octanol–water partition coefficient (Wildman–Crippen LogP) is 3.00. The fourth-order valence-electron chi connectivity index (χ4n) is 2.88. The van der Waals surface area contributed by atoms with Gasteiger partial charge in [-0.15, -0.1) is 0 Å². The lowest BCUT2D eigenvalue weighted by Gasteiger charge is -2.18. The van der Waals surface area contributed by atoms with Gasteiger partial charge in [0.2, 0.25) is 0 Å². The normalized spacial score (nSPS) is 20.8. The van der Waals surface area contributed by atoms with E-state index in [1.165, 1.54) is 51.9 Å². The van der Waals surface area contributed by atoms with E-state index < -0.39 is 0 Å². The van der Waals surface area contributed by atoms with E-state index in [0.717, 1.165) is 37.4 Å². The Labute approximate surface area is 117 Å². The quantitative estimate of drug-likeness (QED) is 0.627. The Kier molecular flexibility index (Phi) is 5.93. The summed E-state index contributed by atoms with van der Waals surface area (Å²) in [6, 6.07) is 0. The molecular formula is C16H28N2O. The molecule has 2 heterocycles. The van der Waals surface area contributed by atoms with E-state index in [1.807, 2.05) is 0 Å². The molecule has 0 radical (unpaired) electrons. The van der Waals surface area contributed by atoms with E-state index in [2.05, 4.69) is 23.0 Å². The van der Waals surface area contributed by atoms with Gasteiger partial charge in [0.05, 0.1) is 11.5 Å². The molecule has 0 aliphatic carbocycles. The van der Waals surface area contributed by atoms with Crippen LogP contribution >= 0.6 is 0 Å². The molecule has 0 aromatic carbocycles. The molecule has 0 saturated carbocycles. The Morgan fingerprint density at radius 1 is 0.737 bits per heavy atom. The van der Waals surface area contributed by atoms with Crippen molar-refractivity contribution in [2.45, 2.75) is 38.5 Å². The summed E-state index contributed by atoms with van der Waals surface area (Å²) in [4.78, 5) is 4.98. The lowest BCUT2D eigenvalue weighted by Crippen LogP contribution is -2.22. The van der Waals surface area contributed by atoms with Crippen LogP contribution in [-0.2, 0) is 4.74 Å². The summed E-state index contributed by atoms with van der Waals surface area (Å²) in [5.74, 6) is 1.75. The Hall–Kier alpha value is -0.800. The second-order valence-corrected chi connectivity index (χ2v) is 5.78. The van der Waals surface area contributed by atoms with Crippen LogP contribution in [0.2, 0.25) is 0 Å². The van der Waals surface area contributed by atoms with Crippen molar-refractivity contribution in [1.82, 2.24) is 9.80 Å². The summed E-state index contributed by atoms with van der Waals surface area (Å²) in [6.07, 6.45) is 7.24. The zero-order valence-electron chi connectivity index (χ0n) is 12.2. The molecule has 2 rings (SSSR count). The van der Waals surface area contributed by atoms with Crippen LogP contribution in [0.3, 0.4) is 0 Å². The smallest absolute Gasteiger partial charge is 0.0977 e. The van der Waals surface area contributed by atoms with Gasteiger partial charge in [-0.2, -0.15) is 0 Å². The molecule has 3 nitrogen and oxygen atoms in total. The van der Waals surface area contributed by atoms with Crippen molar-refractivity contribution in [3.8, 4) is 0 Å². The van der Waals surface area contributed by atoms with Gasteiger partial charge < -0.3 is 14.5 Å². The van der Waals surface area contributed by atoms with E-state index in [0.29, 0.717) is 0 Å². The van der Waals surface area contributed by atoms with Crippen molar-refractivity contribution in [2.24, 2.45) is 0 Å². The first-order chi connectivity index (χ1) is 9.24. The first kappa shape index (κ1) is 14.6. The SMILES string of the molecule is C=C(CCN1CCCC1)OC(=C)CCN1CCCC1. The number of ether oxygens (including phenoxy) is 1. The van der Waals surface area contributed by atoms with Crippen LogP contribution in [-0.4, -0.2) is 49.1 Å². The van der Waals surface area contributed by atoms with Crippen molar-refractivity contribution in [2.75, 3.05) is 39.3 Å². The maximum absolute atomic E-state index is 5.73. The number of nitrogens with zero attached hydrogens (tertiary/aromatic N) is 2. The Morgan fingerprint density at radius 2 is 1.11 bits per heavy atom. The van der Waals surface area contributed by atoms with Crippen molar-refractivity contribution < 1.29 is 4.74 Å². The molecule has 0 aromatic rings. The summed E-state index contributed by atoms with van der Waals surface area (Å²) in [5.41, 5.74) is 0. The molecule has 0 amide bonds. The van der Waals surface area contributed by atoms with E-state index in [9.17, 15) is 0 Å². The molecule has 0 atom stereocenters. The molecule has 108 valence electrons. The number of hydrogen-bond donors (Lipinski definition) is 0. The minimum Gasteiger partial charge on any atom is -0.467 e. The summed E-state index contributed by atoms with van der Waals surface area (Å²) in [6.45, 7) is 15.1. The van der Waals surface area contributed by atoms with Gasteiger partial charge in [-0.3, -0.25) is 0 Å². The van der Waals surface area contributed by atoms with E-state index in [1.54, 1.807) is 0 Å². The van der Waals surface area contributed by atoms with Crippen LogP contribution in [0.4, 0.5) is 0 Å². The summed E-state index contributed by atoms with van der Waals surface area (Å²) < 4.78 is 5.73. The highest BCUT2D eigenvalue weighted by Gasteiger charge is 2.13. The molecular weight excluding hydrogens is 236 g/mol. The Balaban J connectivity index is 1.54. The maximum atomic E-state index is 5.73. The lowest BCUT2D eigenvalue weighted by molar-refractivity contribution is 0.241. The molecule has 0 spiro atoms. The zero-order valence-corrected chi connectivity index (χ0v) is 12.2. The highest BCUT2D eigenvalue weighted by Crippen LogP contribution is 2.15. The zero-order chi connectivity index (χ0) is 13.5. The molecule has 0 unspecified atom stereocenters. The third-order valence-corrected chi connectivity index (χ3v) is 4.10. The molecule has 0 N–H and O–H groups in total. The monoisotopic (exact) mass is 264 g/mol. The van der Waals surface area contributed by atoms with Gasteiger partial charge >= 0.3 is 0 Å². The largest absolute Gasteiger partial charge is 0.467 e. The topological polar surface area (TPSA) is 15.7 Å². The third-order valence-electron chi connectivity index (χ3n) is 4.10. The molecule has 2 aliphatic rings. The second kappa shape index (κ2) is 7.71. The van der Waals surface area contributed by atoms with Gasteiger partial charge in [0.25, 0.3) is 0 Å². The van der Waals surface area contributed by atoms with Crippen molar-refractivity contribution in [3.63, 3.8) is 0 Å². The summed E-state index contributed by atoms with van der Waals surface area (Å²) >= 11 is 0. The minimum atomic E-state index is 0.873. The number of likely N-dealkylation sites (tertiary alicyclic amines) is 2. The Morgan fingerprint density at radius 3 is 1.47 bits per heavy atom. The van der Waals surface area contributed by atoms with Gasteiger partial charge in [-0.25, -0.2) is 0 Å². The minimum absolute atomic E-state index is 0.873. The predicted molar refractivity (Wildman–Crippen MR) is 79.9 cm³/mol. The fourth-order valence-corrected chi connectivity index (χ4v) is 2.88. The third kappa shape index (κ3) is 5.37. The molecule has 2 saturated heterocycles. The van der Waals surface area contributed by atoms with E-state index >= 15 is 0 Å². The van der Waals surface area contributed by atoms with E-state index in [-0.39, 0.29) is 0 Å². The average molecular weight is 264 g/mol. The average Bonchev–Trinajstić information content (AvgIpc) is 3.07. The number of rotatable bonds is 8. The molecule has 0 aromatic heterocycles. The molecule has 19 heavy (non-hydrogen) atoms. The molecule has 2 aliphatic heterocycles. The van der Waals surface area contributed by atoms with Crippen molar-refractivity contribution >= 4 is 0 Å². The molecule has 3 heteroatoms. The summed E-state index contributed by atoms with van der Waals surface area (Å²) in [7, 11) is 0. The van der Waals surface area contributed by atoms with Crippen LogP contribution in [0.25, 0.3) is 0 Å². The summed E-state index contributed by atoms with van der Waals surface area (Å²) in [5, 5.41) is 0. The Bertz CT molecular complexity index is 272. The van der Waals surface area contributed by atoms with Crippen LogP contribution in [0.1, 0.15) is 38.5 Å².